The minimum absolute atomic E-state index is 0.208. The third kappa shape index (κ3) is 1.98. The number of benzene rings is 1. The molecule has 1 aliphatic rings. The summed E-state index contributed by atoms with van der Waals surface area (Å²) in [5, 5.41) is 5.34. The predicted octanol–water partition coefficient (Wildman–Crippen LogP) is 3.06. The molecule has 0 saturated carbocycles. The monoisotopic (exact) mass is 298 g/mol. The fourth-order valence-corrected chi connectivity index (χ4v) is 2.48. The largest absolute Gasteiger partial charge is 0.355 e. The summed E-state index contributed by atoms with van der Waals surface area (Å²) >= 11 is 3.26. The SMILES string of the molecule is FC1CC(n2ncc3ccccc32)OCC1Br. The molecule has 0 N–H and O–H groups in total. The molecule has 0 amide bonds. The third-order valence-electron chi connectivity index (χ3n) is 3.04. The summed E-state index contributed by atoms with van der Waals surface area (Å²) in [5.41, 5.74) is 0.984. The highest BCUT2D eigenvalue weighted by atomic mass is 79.9. The van der Waals surface area contributed by atoms with E-state index in [9.17, 15) is 4.39 Å². The van der Waals surface area contributed by atoms with Crippen molar-refractivity contribution in [3.05, 3.63) is 30.5 Å². The van der Waals surface area contributed by atoms with Crippen molar-refractivity contribution in [2.45, 2.75) is 23.6 Å². The smallest absolute Gasteiger partial charge is 0.153 e. The van der Waals surface area contributed by atoms with Crippen molar-refractivity contribution in [3.63, 3.8) is 0 Å². The van der Waals surface area contributed by atoms with E-state index in [4.69, 9.17) is 4.74 Å². The van der Waals surface area contributed by atoms with Crippen molar-refractivity contribution in [1.29, 1.82) is 0 Å². The van der Waals surface area contributed by atoms with E-state index in [0.29, 0.717) is 13.0 Å². The van der Waals surface area contributed by atoms with Gasteiger partial charge in [-0.25, -0.2) is 9.07 Å². The molecule has 1 aliphatic heterocycles. The molecule has 0 bridgehead atoms. The summed E-state index contributed by atoms with van der Waals surface area (Å²) < 4.78 is 21.0. The van der Waals surface area contributed by atoms with Crippen LogP contribution in [0.25, 0.3) is 10.9 Å². The van der Waals surface area contributed by atoms with Crippen LogP contribution < -0.4 is 0 Å². The normalized spacial score (nSPS) is 29.6. The van der Waals surface area contributed by atoms with Gasteiger partial charge in [0.25, 0.3) is 0 Å². The highest BCUT2D eigenvalue weighted by Crippen LogP contribution is 2.30. The van der Waals surface area contributed by atoms with Gasteiger partial charge in [-0.1, -0.05) is 34.1 Å². The molecule has 1 saturated heterocycles. The van der Waals surface area contributed by atoms with Crippen LogP contribution in [-0.2, 0) is 4.74 Å². The number of para-hydroxylation sites is 1. The molecule has 0 spiro atoms. The fraction of sp³-hybridized carbons (Fsp3) is 0.417. The van der Waals surface area contributed by atoms with Gasteiger partial charge in [-0.3, -0.25) is 0 Å². The highest BCUT2D eigenvalue weighted by Gasteiger charge is 2.31. The van der Waals surface area contributed by atoms with Crippen LogP contribution in [0.15, 0.2) is 30.5 Å². The summed E-state index contributed by atoms with van der Waals surface area (Å²) in [7, 11) is 0. The van der Waals surface area contributed by atoms with Crippen LogP contribution in [0.1, 0.15) is 12.6 Å². The number of halogens is 2. The molecule has 1 fully saturated rings. The summed E-state index contributed by atoms with van der Waals surface area (Å²) in [6.07, 6.45) is 0.920. The first-order valence-corrected chi connectivity index (χ1v) is 6.49. The Labute approximate surface area is 107 Å². The second-order valence-electron chi connectivity index (χ2n) is 4.20. The zero-order valence-corrected chi connectivity index (χ0v) is 10.7. The molecule has 2 aromatic rings. The van der Waals surface area contributed by atoms with Crippen LogP contribution in [0.3, 0.4) is 0 Å². The molecule has 3 unspecified atom stereocenters. The van der Waals surface area contributed by atoms with E-state index in [0.717, 1.165) is 10.9 Å². The van der Waals surface area contributed by atoms with Crippen molar-refractivity contribution >= 4 is 26.8 Å². The van der Waals surface area contributed by atoms with Crippen LogP contribution in [0.2, 0.25) is 0 Å². The number of alkyl halides is 2. The van der Waals surface area contributed by atoms with E-state index in [1.807, 2.05) is 24.3 Å². The van der Waals surface area contributed by atoms with Gasteiger partial charge in [0.2, 0.25) is 0 Å². The summed E-state index contributed by atoms with van der Waals surface area (Å²) in [6.45, 7) is 0.375. The number of fused-ring (bicyclic) bond motifs is 1. The minimum Gasteiger partial charge on any atom is -0.355 e. The van der Waals surface area contributed by atoms with Crippen molar-refractivity contribution < 1.29 is 9.13 Å². The Balaban J connectivity index is 1.94. The minimum atomic E-state index is -0.892. The van der Waals surface area contributed by atoms with Gasteiger partial charge in [-0.2, -0.15) is 5.10 Å². The third-order valence-corrected chi connectivity index (χ3v) is 3.88. The molecule has 3 nitrogen and oxygen atoms in total. The average Bonchev–Trinajstić information content (AvgIpc) is 2.76. The van der Waals surface area contributed by atoms with Gasteiger partial charge in [-0.15, -0.1) is 0 Å². The van der Waals surface area contributed by atoms with Crippen LogP contribution >= 0.6 is 15.9 Å². The lowest BCUT2D eigenvalue weighted by Gasteiger charge is -2.29. The molecule has 3 rings (SSSR count). The molecule has 17 heavy (non-hydrogen) atoms. The van der Waals surface area contributed by atoms with Crippen molar-refractivity contribution in [2.24, 2.45) is 0 Å². The topological polar surface area (TPSA) is 27.1 Å². The van der Waals surface area contributed by atoms with E-state index < -0.39 is 6.17 Å². The van der Waals surface area contributed by atoms with Crippen LogP contribution in [0.4, 0.5) is 4.39 Å². The van der Waals surface area contributed by atoms with Crippen LogP contribution in [0, 0.1) is 0 Å². The Kier molecular flexibility index (Phi) is 2.88. The maximum Gasteiger partial charge on any atom is 0.153 e. The Morgan fingerprint density at radius 1 is 1.41 bits per heavy atom. The quantitative estimate of drug-likeness (QED) is 0.757. The van der Waals surface area contributed by atoms with E-state index >= 15 is 0 Å². The Morgan fingerprint density at radius 3 is 3.06 bits per heavy atom. The van der Waals surface area contributed by atoms with Crippen LogP contribution in [0.5, 0.6) is 0 Å². The highest BCUT2D eigenvalue weighted by molar-refractivity contribution is 9.09. The second kappa shape index (κ2) is 4.38. The van der Waals surface area contributed by atoms with Crippen molar-refractivity contribution in [3.8, 4) is 0 Å². The van der Waals surface area contributed by atoms with Crippen molar-refractivity contribution in [1.82, 2.24) is 9.78 Å². The van der Waals surface area contributed by atoms with Crippen molar-refractivity contribution in [2.75, 3.05) is 6.61 Å². The molecule has 0 aliphatic carbocycles. The lowest BCUT2D eigenvalue weighted by atomic mass is 10.1. The number of hydrogen-bond acceptors (Lipinski definition) is 2. The van der Waals surface area contributed by atoms with E-state index in [1.165, 1.54) is 0 Å². The first kappa shape index (κ1) is 11.2. The number of aromatic nitrogens is 2. The maximum absolute atomic E-state index is 13.7. The predicted molar refractivity (Wildman–Crippen MR) is 67.0 cm³/mol. The molecular formula is C12H12BrFN2O. The average molecular weight is 299 g/mol. The standard InChI is InChI=1S/C12H12BrFN2O/c13-9-7-17-12(5-10(9)14)16-11-4-2-1-3-8(11)6-15-16/h1-4,6,9-10,12H,5,7H2. The lowest BCUT2D eigenvalue weighted by molar-refractivity contribution is -0.0591. The van der Waals surface area contributed by atoms with E-state index in [-0.39, 0.29) is 11.1 Å². The molecular weight excluding hydrogens is 287 g/mol. The number of hydrogen-bond donors (Lipinski definition) is 0. The summed E-state index contributed by atoms with van der Waals surface area (Å²) in [5.74, 6) is 0. The first-order chi connectivity index (χ1) is 8.25. The van der Waals surface area contributed by atoms with Gasteiger partial charge in [0.05, 0.1) is 23.1 Å². The molecule has 3 atom stereocenters. The zero-order chi connectivity index (χ0) is 11.8. The Morgan fingerprint density at radius 2 is 2.24 bits per heavy atom. The number of nitrogens with zero attached hydrogens (tertiary/aromatic N) is 2. The molecule has 0 radical (unpaired) electrons. The van der Waals surface area contributed by atoms with E-state index in [1.54, 1.807) is 10.9 Å². The molecule has 90 valence electrons. The molecule has 1 aromatic heterocycles. The van der Waals surface area contributed by atoms with Gasteiger partial charge < -0.3 is 4.74 Å². The van der Waals surface area contributed by atoms with Crippen LogP contribution in [-0.4, -0.2) is 27.4 Å². The fourth-order valence-electron chi connectivity index (χ4n) is 2.11. The zero-order valence-electron chi connectivity index (χ0n) is 9.09. The number of ether oxygens (including phenoxy) is 1. The number of rotatable bonds is 1. The summed E-state index contributed by atoms with van der Waals surface area (Å²) in [6, 6.07) is 7.87. The Bertz CT molecular complexity index is 530. The first-order valence-electron chi connectivity index (χ1n) is 5.57. The van der Waals surface area contributed by atoms with Gasteiger partial charge in [-0.05, 0) is 6.07 Å². The Hall–Kier alpha value is -0.940. The molecule has 2 heterocycles. The van der Waals surface area contributed by atoms with Gasteiger partial charge >= 0.3 is 0 Å². The van der Waals surface area contributed by atoms with Gasteiger partial charge in [0.15, 0.2) is 6.23 Å². The van der Waals surface area contributed by atoms with Gasteiger partial charge in [0.1, 0.15) is 6.17 Å². The van der Waals surface area contributed by atoms with Gasteiger partial charge in [0, 0.05) is 11.8 Å². The van der Waals surface area contributed by atoms with E-state index in [2.05, 4.69) is 21.0 Å². The maximum atomic E-state index is 13.7. The second-order valence-corrected chi connectivity index (χ2v) is 5.38. The summed E-state index contributed by atoms with van der Waals surface area (Å²) in [4.78, 5) is -0.208. The lowest BCUT2D eigenvalue weighted by Crippen LogP contribution is -2.34. The molecule has 1 aromatic carbocycles. The molecule has 5 heteroatoms.